The third-order valence-corrected chi connectivity index (χ3v) is 4.64. The van der Waals surface area contributed by atoms with Crippen molar-refractivity contribution in [2.24, 2.45) is 0 Å². The van der Waals surface area contributed by atoms with Gasteiger partial charge in [-0.15, -0.1) is 11.8 Å². The Kier molecular flexibility index (Phi) is 3.36. The van der Waals surface area contributed by atoms with E-state index in [-0.39, 0.29) is 17.4 Å². The number of hydrogen-bond acceptors (Lipinski definition) is 5. The minimum atomic E-state index is -1.05. The summed E-state index contributed by atoms with van der Waals surface area (Å²) in [7, 11) is 0. The Morgan fingerprint density at radius 2 is 2.14 bits per heavy atom. The fourth-order valence-corrected chi connectivity index (χ4v) is 3.53. The monoisotopic (exact) mass is 311 g/mol. The second-order valence-corrected chi connectivity index (χ2v) is 6.11. The first kappa shape index (κ1) is 13.9. The third-order valence-electron chi connectivity index (χ3n) is 3.63. The number of carbonyl (C=O) groups is 2. The van der Waals surface area contributed by atoms with E-state index in [1.807, 2.05) is 0 Å². The molecule has 0 spiro atoms. The maximum atomic E-state index is 12.6. The summed E-state index contributed by atoms with van der Waals surface area (Å²) < 4.78 is 1.61. The van der Waals surface area contributed by atoms with Gasteiger partial charge < -0.3 is 14.6 Å². The van der Waals surface area contributed by atoms with E-state index < -0.39 is 22.8 Å². The van der Waals surface area contributed by atoms with Crippen molar-refractivity contribution >= 4 is 29.3 Å². The highest BCUT2D eigenvalue weighted by molar-refractivity contribution is 7.99. The molecule has 2 fully saturated rings. The van der Waals surface area contributed by atoms with E-state index >= 15 is 0 Å². The normalized spacial score (nSPS) is 21.5. The summed E-state index contributed by atoms with van der Waals surface area (Å²) in [4.78, 5) is 35.4. The van der Waals surface area contributed by atoms with E-state index in [0.717, 1.165) is 12.8 Å². The number of amides is 1. The van der Waals surface area contributed by atoms with E-state index in [2.05, 4.69) is 0 Å². The third kappa shape index (κ3) is 2.48. The van der Waals surface area contributed by atoms with Gasteiger partial charge in [-0.2, -0.15) is 0 Å². The van der Waals surface area contributed by atoms with Gasteiger partial charge in [0.2, 0.25) is 0 Å². The van der Waals surface area contributed by atoms with Crippen molar-refractivity contribution in [2.75, 3.05) is 11.6 Å². The predicted octanol–water partition coefficient (Wildman–Crippen LogP) is 1.33. The number of hydrogen-bond donors (Lipinski definition) is 1. The van der Waals surface area contributed by atoms with Crippen molar-refractivity contribution in [2.45, 2.75) is 24.9 Å². The zero-order valence-electron chi connectivity index (χ0n) is 11.0. The number of aliphatic carboxylic acids is 1. The van der Waals surface area contributed by atoms with Crippen LogP contribution in [0.4, 0.5) is 5.69 Å². The van der Waals surface area contributed by atoms with Crippen molar-refractivity contribution in [3.05, 3.63) is 28.1 Å². The van der Waals surface area contributed by atoms with Crippen molar-refractivity contribution in [1.29, 1.82) is 0 Å². The first-order chi connectivity index (χ1) is 9.99. The molecule has 0 radical (unpaired) electrons. The number of carbonyl (C=O) groups excluding carboxylic acids is 1. The van der Waals surface area contributed by atoms with Gasteiger partial charge >= 0.3 is 5.97 Å². The van der Waals surface area contributed by atoms with E-state index in [1.54, 1.807) is 4.57 Å². The molecule has 112 valence electrons. The van der Waals surface area contributed by atoms with Gasteiger partial charge in [0, 0.05) is 17.9 Å². The lowest BCUT2D eigenvalue weighted by atomic mass is 10.2. The van der Waals surface area contributed by atoms with Crippen molar-refractivity contribution in [1.82, 2.24) is 9.47 Å². The van der Waals surface area contributed by atoms with Crippen LogP contribution in [0.1, 0.15) is 29.4 Å². The van der Waals surface area contributed by atoms with Crippen LogP contribution < -0.4 is 0 Å². The van der Waals surface area contributed by atoms with Gasteiger partial charge in [0.25, 0.3) is 11.6 Å². The SMILES string of the molecule is O=C(O)C1CSCN1C(=O)c1cc([N+](=O)[O-])cn1C1CC1. The Labute approximate surface area is 123 Å². The molecule has 1 aromatic heterocycles. The Morgan fingerprint density at radius 1 is 1.43 bits per heavy atom. The Bertz CT molecular complexity index is 624. The first-order valence-corrected chi connectivity index (χ1v) is 7.62. The van der Waals surface area contributed by atoms with Gasteiger partial charge in [0.15, 0.2) is 0 Å². The largest absolute Gasteiger partial charge is 0.480 e. The maximum Gasteiger partial charge on any atom is 0.327 e. The van der Waals surface area contributed by atoms with Crippen LogP contribution in [0.5, 0.6) is 0 Å². The van der Waals surface area contributed by atoms with Crippen molar-refractivity contribution < 1.29 is 19.6 Å². The number of rotatable bonds is 4. The number of aromatic nitrogens is 1. The molecule has 2 aliphatic rings. The Balaban J connectivity index is 1.93. The van der Waals surface area contributed by atoms with E-state index in [4.69, 9.17) is 5.11 Å². The molecule has 1 unspecified atom stereocenters. The lowest BCUT2D eigenvalue weighted by molar-refractivity contribution is -0.384. The lowest BCUT2D eigenvalue weighted by Gasteiger charge is -2.21. The molecule has 2 heterocycles. The molecule has 9 heteroatoms. The number of carboxylic acids is 1. The zero-order chi connectivity index (χ0) is 15.1. The molecule has 1 aromatic rings. The fraction of sp³-hybridized carbons (Fsp3) is 0.500. The first-order valence-electron chi connectivity index (χ1n) is 6.47. The molecule has 3 rings (SSSR count). The average molecular weight is 311 g/mol. The minimum absolute atomic E-state index is 0.108. The number of carboxylic acid groups (broad SMARTS) is 1. The van der Waals surface area contributed by atoms with Crippen LogP contribution >= 0.6 is 11.8 Å². The number of thioether (sulfide) groups is 1. The smallest absolute Gasteiger partial charge is 0.327 e. The molecule has 1 N–H and O–H groups in total. The molecule has 1 saturated heterocycles. The molecule has 0 bridgehead atoms. The van der Waals surface area contributed by atoms with Gasteiger partial charge in [-0.05, 0) is 12.8 Å². The van der Waals surface area contributed by atoms with Gasteiger partial charge in [-0.3, -0.25) is 14.9 Å². The minimum Gasteiger partial charge on any atom is -0.480 e. The highest BCUT2D eigenvalue weighted by Crippen LogP contribution is 2.38. The standard InChI is InChI=1S/C12H13N3O5S/c16-11(14-6-21-5-10(14)12(17)18)9-3-8(15(19)20)4-13(9)7-1-2-7/h3-4,7,10H,1-2,5-6H2,(H,17,18). The molecule has 1 atom stereocenters. The summed E-state index contributed by atoms with van der Waals surface area (Å²) in [6.45, 7) is 0. The second kappa shape index (κ2) is 5.06. The fourth-order valence-electron chi connectivity index (χ4n) is 2.39. The van der Waals surface area contributed by atoms with Crippen molar-refractivity contribution in [3.8, 4) is 0 Å². The molecular formula is C12H13N3O5S. The lowest BCUT2D eigenvalue weighted by Crippen LogP contribution is -2.42. The van der Waals surface area contributed by atoms with Crippen LogP contribution in [-0.2, 0) is 4.79 Å². The average Bonchev–Trinajstić information content (AvgIpc) is 3.01. The van der Waals surface area contributed by atoms with Crippen LogP contribution in [0.15, 0.2) is 12.3 Å². The van der Waals surface area contributed by atoms with Crippen LogP contribution in [0.25, 0.3) is 0 Å². The van der Waals surface area contributed by atoms with Gasteiger partial charge in [0.05, 0.1) is 17.0 Å². The highest BCUT2D eigenvalue weighted by Gasteiger charge is 2.38. The van der Waals surface area contributed by atoms with Crippen LogP contribution in [-0.4, -0.2) is 49.0 Å². The summed E-state index contributed by atoms with van der Waals surface area (Å²) in [5, 5.41) is 20.0. The predicted molar refractivity (Wildman–Crippen MR) is 74.3 cm³/mol. The van der Waals surface area contributed by atoms with Crippen LogP contribution in [0, 0.1) is 10.1 Å². The molecule has 1 saturated carbocycles. The number of nitrogens with zero attached hydrogens (tertiary/aromatic N) is 3. The molecule has 1 amide bonds. The van der Waals surface area contributed by atoms with Crippen LogP contribution in [0.2, 0.25) is 0 Å². The van der Waals surface area contributed by atoms with E-state index in [0.29, 0.717) is 11.6 Å². The Morgan fingerprint density at radius 3 is 2.71 bits per heavy atom. The van der Waals surface area contributed by atoms with E-state index in [9.17, 15) is 19.7 Å². The number of nitro groups is 1. The van der Waals surface area contributed by atoms with Gasteiger partial charge in [0.1, 0.15) is 11.7 Å². The summed E-state index contributed by atoms with van der Waals surface area (Å²) in [5.41, 5.74) is 0.0712. The van der Waals surface area contributed by atoms with E-state index in [1.165, 1.54) is 28.9 Å². The molecule has 8 nitrogen and oxygen atoms in total. The highest BCUT2D eigenvalue weighted by atomic mass is 32.2. The zero-order valence-corrected chi connectivity index (χ0v) is 11.8. The van der Waals surface area contributed by atoms with Gasteiger partial charge in [-0.1, -0.05) is 0 Å². The van der Waals surface area contributed by atoms with Crippen LogP contribution in [0.3, 0.4) is 0 Å². The topological polar surface area (TPSA) is 106 Å². The Hall–Kier alpha value is -2.03. The second-order valence-electron chi connectivity index (χ2n) is 5.11. The maximum absolute atomic E-state index is 12.6. The quantitative estimate of drug-likeness (QED) is 0.664. The summed E-state index contributed by atoms with van der Waals surface area (Å²) in [5.74, 6) is -0.869. The molecule has 1 aliphatic heterocycles. The molecule has 0 aromatic carbocycles. The summed E-state index contributed by atoms with van der Waals surface area (Å²) in [6.07, 6.45) is 3.12. The molecule has 1 aliphatic carbocycles. The molecular weight excluding hydrogens is 298 g/mol. The summed E-state index contributed by atoms with van der Waals surface area (Å²) in [6, 6.07) is 0.475. The molecule has 21 heavy (non-hydrogen) atoms. The van der Waals surface area contributed by atoms with Crippen molar-refractivity contribution in [3.63, 3.8) is 0 Å². The van der Waals surface area contributed by atoms with Gasteiger partial charge in [-0.25, -0.2) is 4.79 Å². The summed E-state index contributed by atoms with van der Waals surface area (Å²) >= 11 is 1.37.